The second-order valence-electron chi connectivity index (χ2n) is 13.0. The van der Waals surface area contributed by atoms with Gasteiger partial charge in [0.25, 0.3) is 0 Å². The van der Waals surface area contributed by atoms with Crippen LogP contribution < -0.4 is 9.47 Å². The van der Waals surface area contributed by atoms with Gasteiger partial charge in [-0.1, -0.05) is 121 Å². The predicted octanol–water partition coefficient (Wildman–Crippen LogP) is 9.86. The SMILES string of the molecule is C(=NC(COCc1ccccc1)c1ccccc1)c1ccc(OCCCCCOc2ccc(C=NC(COCc3ccccc3)c3ccccc3)nc2)cn1. The Morgan fingerprint density at radius 3 is 1.24 bits per heavy atom. The molecule has 0 fully saturated rings. The minimum absolute atomic E-state index is 0.128. The van der Waals surface area contributed by atoms with E-state index in [1.165, 1.54) is 0 Å². The molecule has 55 heavy (non-hydrogen) atoms. The molecular weight excluding hydrogens is 685 g/mol. The Balaban J connectivity index is 0.875. The lowest BCUT2D eigenvalue weighted by molar-refractivity contribution is 0.108. The van der Waals surface area contributed by atoms with Crippen molar-refractivity contribution < 1.29 is 18.9 Å². The molecule has 0 aliphatic carbocycles. The number of hydrogen-bond acceptors (Lipinski definition) is 8. The minimum Gasteiger partial charge on any atom is -0.492 e. The lowest BCUT2D eigenvalue weighted by Crippen LogP contribution is -2.07. The Labute approximate surface area is 324 Å². The van der Waals surface area contributed by atoms with Crippen LogP contribution in [-0.2, 0) is 22.7 Å². The van der Waals surface area contributed by atoms with Crippen molar-refractivity contribution in [2.24, 2.45) is 9.98 Å². The number of pyridine rings is 2. The van der Waals surface area contributed by atoms with E-state index in [9.17, 15) is 0 Å². The van der Waals surface area contributed by atoms with Crippen LogP contribution in [0.1, 0.15) is 65.0 Å². The third kappa shape index (κ3) is 13.8. The third-order valence-electron chi connectivity index (χ3n) is 8.76. The zero-order valence-electron chi connectivity index (χ0n) is 31.1. The second-order valence-corrected chi connectivity index (χ2v) is 13.0. The average molecular weight is 733 g/mol. The van der Waals surface area contributed by atoms with Gasteiger partial charge >= 0.3 is 0 Å². The molecule has 0 bridgehead atoms. The summed E-state index contributed by atoms with van der Waals surface area (Å²) in [4.78, 5) is 18.7. The van der Waals surface area contributed by atoms with Gasteiger partial charge in [-0.25, -0.2) is 0 Å². The molecule has 0 spiro atoms. The number of unbranched alkanes of at least 4 members (excludes halogenated alkanes) is 2. The Hall–Kier alpha value is -5.96. The summed E-state index contributed by atoms with van der Waals surface area (Å²) in [7, 11) is 0. The van der Waals surface area contributed by atoms with Gasteiger partial charge in [0.2, 0.25) is 0 Å². The van der Waals surface area contributed by atoms with Crippen LogP contribution in [0.25, 0.3) is 0 Å². The molecular formula is C47H48N4O4. The number of nitrogens with zero attached hydrogens (tertiary/aromatic N) is 4. The van der Waals surface area contributed by atoms with E-state index in [1.807, 2.05) is 97.1 Å². The van der Waals surface area contributed by atoms with Crippen molar-refractivity contribution in [2.45, 2.75) is 44.6 Å². The normalized spacial score (nSPS) is 12.5. The first-order chi connectivity index (χ1) is 27.3. The van der Waals surface area contributed by atoms with Gasteiger partial charge in [-0.3, -0.25) is 20.0 Å². The largest absolute Gasteiger partial charge is 0.492 e. The second kappa shape index (κ2) is 22.3. The lowest BCUT2D eigenvalue weighted by atomic mass is 10.1. The Bertz CT molecular complexity index is 1830. The highest BCUT2D eigenvalue weighted by molar-refractivity contribution is 5.77. The summed E-state index contributed by atoms with van der Waals surface area (Å²) >= 11 is 0. The Morgan fingerprint density at radius 2 is 0.855 bits per heavy atom. The van der Waals surface area contributed by atoms with E-state index in [0.717, 1.165) is 64.4 Å². The fourth-order valence-corrected chi connectivity index (χ4v) is 5.73. The molecule has 4 aromatic carbocycles. The molecule has 2 aromatic heterocycles. The van der Waals surface area contributed by atoms with Gasteiger partial charge in [0.1, 0.15) is 11.5 Å². The van der Waals surface area contributed by atoms with Crippen molar-refractivity contribution in [3.63, 3.8) is 0 Å². The summed E-state index contributed by atoms with van der Waals surface area (Å²) in [5, 5.41) is 0. The van der Waals surface area contributed by atoms with Crippen LogP contribution in [0.15, 0.2) is 168 Å². The molecule has 0 aliphatic heterocycles. The summed E-state index contributed by atoms with van der Waals surface area (Å²) < 4.78 is 23.9. The molecule has 2 heterocycles. The first-order valence-corrected chi connectivity index (χ1v) is 18.9. The number of rotatable bonds is 22. The zero-order chi connectivity index (χ0) is 37.6. The quantitative estimate of drug-likeness (QED) is 0.0510. The molecule has 8 heteroatoms. The van der Waals surface area contributed by atoms with Gasteiger partial charge in [0.05, 0.1) is 75.5 Å². The van der Waals surface area contributed by atoms with Crippen LogP contribution in [-0.4, -0.2) is 48.8 Å². The molecule has 0 amide bonds. The summed E-state index contributed by atoms with van der Waals surface area (Å²) in [5.74, 6) is 1.48. The molecule has 2 unspecified atom stereocenters. The highest BCUT2D eigenvalue weighted by Gasteiger charge is 2.11. The Kier molecular flexibility index (Phi) is 15.7. The molecule has 0 radical (unpaired) electrons. The van der Waals surface area contributed by atoms with Crippen molar-refractivity contribution >= 4 is 12.4 Å². The summed E-state index contributed by atoms with van der Waals surface area (Å²) in [5.41, 5.74) is 6.01. The number of hydrogen-bond donors (Lipinski definition) is 0. The van der Waals surface area contributed by atoms with Crippen molar-refractivity contribution in [1.82, 2.24) is 9.97 Å². The van der Waals surface area contributed by atoms with Gasteiger partial charge in [-0.05, 0) is 65.8 Å². The number of ether oxygens (including phenoxy) is 4. The van der Waals surface area contributed by atoms with E-state index in [4.69, 9.17) is 28.9 Å². The Morgan fingerprint density at radius 1 is 0.455 bits per heavy atom. The molecule has 0 saturated heterocycles. The minimum atomic E-state index is -0.128. The summed E-state index contributed by atoms with van der Waals surface area (Å²) in [6.45, 7) is 3.26. The molecule has 6 rings (SSSR count). The summed E-state index contributed by atoms with van der Waals surface area (Å²) in [6, 6.07) is 48.2. The van der Waals surface area contributed by atoms with Gasteiger partial charge < -0.3 is 18.9 Å². The van der Waals surface area contributed by atoms with Gasteiger partial charge in [0, 0.05) is 12.4 Å². The van der Waals surface area contributed by atoms with Gasteiger partial charge in [0.15, 0.2) is 0 Å². The molecule has 6 aromatic rings. The molecule has 280 valence electrons. The van der Waals surface area contributed by atoms with Crippen LogP contribution in [0.2, 0.25) is 0 Å². The van der Waals surface area contributed by atoms with E-state index >= 15 is 0 Å². The van der Waals surface area contributed by atoms with Gasteiger partial charge in [-0.15, -0.1) is 0 Å². The highest BCUT2D eigenvalue weighted by atomic mass is 16.5. The van der Waals surface area contributed by atoms with E-state index < -0.39 is 0 Å². The van der Waals surface area contributed by atoms with Gasteiger partial charge in [-0.2, -0.15) is 0 Å². The van der Waals surface area contributed by atoms with E-state index in [0.29, 0.717) is 39.6 Å². The van der Waals surface area contributed by atoms with E-state index in [2.05, 4.69) is 58.5 Å². The van der Waals surface area contributed by atoms with Crippen molar-refractivity contribution in [3.8, 4) is 11.5 Å². The average Bonchev–Trinajstić information content (AvgIpc) is 3.25. The standard InChI is InChI=1S/C47H48N4O4/c1-6-16-38(17-7-1)34-52-36-46(40-20-10-3-11-21-40)50-30-42-24-26-44(32-48-42)54-28-14-5-15-29-55-45-27-25-43(49-33-45)31-51-47(41-22-12-4-13-23-41)37-53-35-39-18-8-2-9-19-39/h1-4,6-13,16-27,30-33,46-47H,5,14-15,28-29,34-37H2. The molecule has 0 aliphatic rings. The summed E-state index contributed by atoms with van der Waals surface area (Å²) in [6.07, 6.45) is 9.91. The van der Waals surface area contributed by atoms with Crippen LogP contribution >= 0.6 is 0 Å². The monoisotopic (exact) mass is 732 g/mol. The molecule has 2 atom stereocenters. The topological polar surface area (TPSA) is 87.4 Å². The number of benzene rings is 4. The van der Waals surface area contributed by atoms with E-state index in [1.54, 1.807) is 24.8 Å². The van der Waals surface area contributed by atoms with E-state index in [-0.39, 0.29) is 12.1 Å². The third-order valence-corrected chi connectivity index (χ3v) is 8.76. The van der Waals surface area contributed by atoms with Crippen LogP contribution in [0.4, 0.5) is 0 Å². The fourth-order valence-electron chi connectivity index (χ4n) is 5.73. The molecule has 8 nitrogen and oxygen atoms in total. The number of aromatic nitrogens is 2. The van der Waals surface area contributed by atoms with Crippen LogP contribution in [0.5, 0.6) is 11.5 Å². The van der Waals surface area contributed by atoms with Crippen LogP contribution in [0, 0.1) is 0 Å². The zero-order valence-corrected chi connectivity index (χ0v) is 31.1. The smallest absolute Gasteiger partial charge is 0.137 e. The first kappa shape index (κ1) is 38.8. The maximum atomic E-state index is 6.02. The van der Waals surface area contributed by atoms with Crippen LogP contribution in [0.3, 0.4) is 0 Å². The van der Waals surface area contributed by atoms with Crippen molar-refractivity contribution in [1.29, 1.82) is 0 Å². The number of aliphatic imine (C=N–C) groups is 2. The van der Waals surface area contributed by atoms with Crippen molar-refractivity contribution in [2.75, 3.05) is 26.4 Å². The fraction of sp³-hybridized carbons (Fsp3) is 0.234. The molecule has 0 N–H and O–H groups in total. The van der Waals surface area contributed by atoms with Crippen molar-refractivity contribution in [3.05, 3.63) is 192 Å². The lowest BCUT2D eigenvalue weighted by Gasteiger charge is -2.14. The maximum absolute atomic E-state index is 6.02. The maximum Gasteiger partial charge on any atom is 0.137 e. The first-order valence-electron chi connectivity index (χ1n) is 18.9. The predicted molar refractivity (Wildman–Crippen MR) is 219 cm³/mol. The molecule has 0 saturated carbocycles. The highest BCUT2D eigenvalue weighted by Crippen LogP contribution is 2.20.